The highest BCUT2D eigenvalue weighted by Gasteiger charge is 2.22. The number of aliphatic carboxylic acids is 2. The predicted octanol–water partition coefficient (Wildman–Crippen LogP) is 0.609. The summed E-state index contributed by atoms with van der Waals surface area (Å²) in [6.45, 7) is -1.08. The normalized spacial score (nSPS) is 11.0. The van der Waals surface area contributed by atoms with E-state index >= 15 is 0 Å². The number of carboxylic acid groups (broad SMARTS) is 2. The van der Waals surface area contributed by atoms with E-state index in [-0.39, 0.29) is 25.7 Å². The van der Waals surface area contributed by atoms with Crippen molar-refractivity contribution in [3.05, 3.63) is 59.7 Å². The van der Waals surface area contributed by atoms with Gasteiger partial charge in [0.05, 0.1) is 24.7 Å². The highest BCUT2D eigenvalue weighted by atomic mass is 16.5. The van der Waals surface area contributed by atoms with Crippen molar-refractivity contribution in [2.45, 2.75) is 12.5 Å². The third-order valence-corrected chi connectivity index (χ3v) is 4.14. The van der Waals surface area contributed by atoms with Crippen LogP contribution in [0.25, 0.3) is 0 Å². The molecule has 0 aliphatic carbocycles. The first-order valence-electron chi connectivity index (χ1n) is 9.58. The lowest BCUT2D eigenvalue weighted by atomic mass is 10.0. The van der Waals surface area contributed by atoms with E-state index in [0.717, 1.165) is 0 Å². The molecule has 0 fully saturated rings. The summed E-state index contributed by atoms with van der Waals surface area (Å²) in [5, 5.41) is 23.0. The Hall–Kier alpha value is -4.61. The summed E-state index contributed by atoms with van der Waals surface area (Å²) in [6, 6.07) is 11.2. The van der Waals surface area contributed by atoms with E-state index < -0.39 is 49.4 Å². The molecule has 2 amide bonds. The predicted molar refractivity (Wildman–Crippen MR) is 121 cm³/mol. The minimum absolute atomic E-state index is 0. The van der Waals surface area contributed by atoms with Gasteiger partial charge in [0.15, 0.2) is 12.6 Å². The fourth-order valence-electron chi connectivity index (χ4n) is 2.83. The molecule has 0 aliphatic heterocycles. The van der Waals surface area contributed by atoms with Gasteiger partial charge in [-0.05, 0) is 24.3 Å². The van der Waals surface area contributed by atoms with Crippen LogP contribution in [-0.4, -0.2) is 53.1 Å². The van der Waals surface area contributed by atoms with Crippen molar-refractivity contribution < 1.29 is 37.0 Å². The molecule has 178 valence electrons. The summed E-state index contributed by atoms with van der Waals surface area (Å²) in [4.78, 5) is 50.7. The van der Waals surface area contributed by atoms with Gasteiger partial charge in [-0.15, -0.1) is 0 Å². The van der Waals surface area contributed by atoms with Crippen molar-refractivity contribution in [1.82, 2.24) is 10.6 Å². The highest BCUT2D eigenvalue weighted by Crippen LogP contribution is 2.27. The summed E-state index contributed by atoms with van der Waals surface area (Å²) in [5.41, 5.74) is 11.5. The van der Waals surface area contributed by atoms with Gasteiger partial charge in [0, 0.05) is 14.0 Å². The zero-order valence-electron chi connectivity index (χ0n) is 17.4. The number of rotatable bonds is 11. The molecule has 0 aliphatic rings. The van der Waals surface area contributed by atoms with Crippen LogP contribution in [0.2, 0.25) is 0 Å². The topological polar surface area (TPSA) is 206 Å². The Morgan fingerprint density at radius 1 is 1.03 bits per heavy atom. The number of carboxylic acids is 2. The Morgan fingerprint density at radius 3 is 2.42 bits per heavy atom. The van der Waals surface area contributed by atoms with Crippen molar-refractivity contribution in [1.29, 1.82) is 0 Å². The molecule has 0 bridgehead atoms. The van der Waals surface area contributed by atoms with Gasteiger partial charge in [-0.2, -0.15) is 0 Å². The van der Waals surface area contributed by atoms with Crippen molar-refractivity contribution in [3.8, 4) is 5.75 Å². The maximum Gasteiger partial charge on any atom is 0.341 e. The summed E-state index contributed by atoms with van der Waals surface area (Å²) in [6.07, 6.45) is -0.492. The van der Waals surface area contributed by atoms with Crippen LogP contribution in [0.15, 0.2) is 53.5 Å². The fourth-order valence-corrected chi connectivity index (χ4v) is 2.83. The van der Waals surface area contributed by atoms with Crippen molar-refractivity contribution in [2.24, 2.45) is 16.5 Å². The Bertz CT molecular complexity index is 1080. The van der Waals surface area contributed by atoms with Crippen molar-refractivity contribution >= 4 is 35.4 Å². The SMILES string of the molecule is NC(N)=Nc1cccc(C(=O)NCC(=O)NC(CC(=O)O)c2ccccc2OCC(=O)O)c1.[HH].[HH]. The zero-order chi connectivity index (χ0) is 24.4. The molecule has 0 spiro atoms. The van der Waals surface area contributed by atoms with Gasteiger partial charge in [0.2, 0.25) is 5.91 Å². The number of guanidine groups is 1. The smallest absolute Gasteiger partial charge is 0.341 e. The number of aliphatic imine (C=N–C) groups is 1. The highest BCUT2D eigenvalue weighted by molar-refractivity contribution is 5.97. The van der Waals surface area contributed by atoms with Gasteiger partial charge in [-0.3, -0.25) is 14.4 Å². The molecule has 2 aromatic carbocycles. The van der Waals surface area contributed by atoms with Gasteiger partial charge < -0.3 is 37.1 Å². The minimum Gasteiger partial charge on any atom is -0.482 e. The van der Waals surface area contributed by atoms with E-state index in [1.54, 1.807) is 24.3 Å². The van der Waals surface area contributed by atoms with E-state index in [9.17, 15) is 24.3 Å². The molecule has 1 unspecified atom stereocenters. The molecule has 2 aromatic rings. The summed E-state index contributed by atoms with van der Waals surface area (Å²) >= 11 is 0. The van der Waals surface area contributed by atoms with Crippen LogP contribution in [0.5, 0.6) is 5.75 Å². The Kier molecular flexibility index (Phi) is 8.74. The molecule has 0 saturated heterocycles. The first-order chi connectivity index (χ1) is 15.7. The lowest BCUT2D eigenvalue weighted by Gasteiger charge is -2.20. The molecule has 1 atom stereocenters. The maximum absolute atomic E-state index is 12.4. The van der Waals surface area contributed by atoms with Crippen LogP contribution in [0.1, 0.15) is 31.2 Å². The number of benzene rings is 2. The number of para-hydroxylation sites is 1. The van der Waals surface area contributed by atoms with Crippen molar-refractivity contribution in [2.75, 3.05) is 13.2 Å². The average Bonchev–Trinajstić information content (AvgIpc) is 2.75. The number of nitrogens with one attached hydrogen (secondary N) is 2. The van der Waals surface area contributed by atoms with Gasteiger partial charge in [0.25, 0.3) is 5.91 Å². The monoisotopic (exact) mass is 461 g/mol. The Labute approximate surface area is 191 Å². The molecule has 0 aromatic heterocycles. The fraction of sp³-hybridized carbons (Fsp3) is 0.190. The van der Waals surface area contributed by atoms with E-state index in [2.05, 4.69) is 15.6 Å². The molecule has 2 rings (SSSR count). The molecule has 12 nitrogen and oxygen atoms in total. The number of carbonyl (C=O) groups is 4. The molecule has 0 saturated carbocycles. The number of nitrogens with zero attached hydrogens (tertiary/aromatic N) is 1. The van der Waals surface area contributed by atoms with Crippen LogP contribution in [0.4, 0.5) is 5.69 Å². The number of amides is 2. The molecular weight excluding hydrogens is 434 g/mol. The van der Waals surface area contributed by atoms with Gasteiger partial charge in [-0.1, -0.05) is 24.3 Å². The molecule has 8 N–H and O–H groups in total. The molecule has 33 heavy (non-hydrogen) atoms. The average molecular weight is 461 g/mol. The van der Waals surface area contributed by atoms with E-state index in [1.165, 1.54) is 24.3 Å². The van der Waals surface area contributed by atoms with Crippen LogP contribution in [0.3, 0.4) is 0 Å². The minimum atomic E-state index is -1.21. The second kappa shape index (κ2) is 11.7. The van der Waals surface area contributed by atoms with E-state index in [0.29, 0.717) is 5.69 Å². The lowest BCUT2D eigenvalue weighted by molar-refractivity contribution is -0.140. The number of hydrogen-bond donors (Lipinski definition) is 6. The van der Waals surface area contributed by atoms with Gasteiger partial charge in [-0.25, -0.2) is 9.79 Å². The van der Waals surface area contributed by atoms with Crippen molar-refractivity contribution in [3.63, 3.8) is 0 Å². The standard InChI is InChI=1S/C21H23N5O7.2H2/c22-21(23)25-13-5-3-4-12(8-13)20(32)24-10-17(27)26-15(9-18(28)29)14-6-1-2-7-16(14)33-11-19(30)31;;/h1-8,15H,9-11H2,(H,24,32)(H,26,27)(H,28,29)(H,30,31)(H4,22,23,25);2*1H. The van der Waals surface area contributed by atoms with Crippen LogP contribution < -0.4 is 26.8 Å². The number of ether oxygens (including phenoxy) is 1. The number of carbonyl (C=O) groups excluding carboxylic acids is 2. The van der Waals surface area contributed by atoms with Crippen LogP contribution in [0, 0.1) is 0 Å². The third kappa shape index (κ3) is 8.20. The summed E-state index contributed by atoms with van der Waals surface area (Å²) in [5.74, 6) is -3.71. The Balaban J connectivity index is 0.00000578. The second-order valence-corrected chi connectivity index (χ2v) is 6.71. The van der Waals surface area contributed by atoms with Crippen LogP contribution in [-0.2, 0) is 14.4 Å². The molecular formula is C21H27N5O7. The van der Waals surface area contributed by atoms with E-state index in [1.807, 2.05) is 0 Å². The van der Waals surface area contributed by atoms with Gasteiger partial charge >= 0.3 is 11.9 Å². The first kappa shape index (κ1) is 24.7. The molecule has 12 heteroatoms. The Morgan fingerprint density at radius 2 is 1.76 bits per heavy atom. The van der Waals surface area contributed by atoms with E-state index in [4.69, 9.17) is 21.3 Å². The number of nitrogens with two attached hydrogens (primary N) is 2. The molecule has 0 radical (unpaired) electrons. The summed E-state index contributed by atoms with van der Waals surface area (Å²) in [7, 11) is 0. The quantitative estimate of drug-likeness (QED) is 0.204. The second-order valence-electron chi connectivity index (χ2n) is 6.71. The maximum atomic E-state index is 12.4. The lowest BCUT2D eigenvalue weighted by Crippen LogP contribution is -2.39. The summed E-state index contributed by atoms with van der Waals surface area (Å²) < 4.78 is 5.20. The molecule has 0 heterocycles. The number of hydrogen-bond acceptors (Lipinski definition) is 6. The van der Waals surface area contributed by atoms with Crippen LogP contribution >= 0.6 is 0 Å². The van der Waals surface area contributed by atoms with Gasteiger partial charge in [0.1, 0.15) is 5.75 Å². The largest absolute Gasteiger partial charge is 0.482 e. The first-order valence-corrected chi connectivity index (χ1v) is 9.58. The third-order valence-electron chi connectivity index (χ3n) is 4.14. The zero-order valence-corrected chi connectivity index (χ0v) is 17.4.